The summed E-state index contributed by atoms with van der Waals surface area (Å²) in [5.74, 6) is 2.54. The summed E-state index contributed by atoms with van der Waals surface area (Å²) in [6.45, 7) is 2.94. The van der Waals surface area contributed by atoms with Crippen molar-refractivity contribution in [2.45, 2.75) is 31.1 Å². The molecule has 0 saturated carbocycles. The molecule has 1 aliphatic heterocycles. The van der Waals surface area contributed by atoms with Crippen LogP contribution in [0.5, 0.6) is 0 Å². The fraction of sp³-hybridized carbons (Fsp3) is 1.00. The summed E-state index contributed by atoms with van der Waals surface area (Å²) in [5, 5.41) is 3.77. The molecule has 3 unspecified atom stereocenters. The topological polar surface area (TPSA) is 29.1 Å². The number of nitrogens with one attached hydrogen (secondary N) is 1. The number of hydrogen-bond donors (Lipinski definition) is 1. The molecule has 4 heteroatoms. The third-order valence-electron chi connectivity index (χ3n) is 2.42. The van der Waals surface area contributed by atoms with E-state index in [-0.39, 0.29) is 5.25 Å². The molecule has 1 aliphatic rings. The summed E-state index contributed by atoms with van der Waals surface area (Å²) in [5.41, 5.74) is 0. The van der Waals surface area contributed by atoms with Crippen LogP contribution in [0.3, 0.4) is 0 Å². The molecular formula is C9H19NOS2. The normalized spacial score (nSPS) is 28.3. The van der Waals surface area contributed by atoms with Crippen molar-refractivity contribution in [3.8, 4) is 0 Å². The van der Waals surface area contributed by atoms with Gasteiger partial charge in [-0.3, -0.25) is 4.21 Å². The molecule has 1 N–H and O–H groups in total. The zero-order valence-corrected chi connectivity index (χ0v) is 10.0. The Kier molecular flexibility index (Phi) is 5.36. The zero-order valence-electron chi connectivity index (χ0n) is 8.41. The average Bonchev–Trinajstić information content (AvgIpc) is 2.15. The van der Waals surface area contributed by atoms with Gasteiger partial charge in [0.2, 0.25) is 0 Å². The van der Waals surface area contributed by atoms with Crippen LogP contribution >= 0.6 is 11.8 Å². The van der Waals surface area contributed by atoms with E-state index in [2.05, 4.69) is 5.32 Å². The van der Waals surface area contributed by atoms with Crippen LogP contribution in [0, 0.1) is 0 Å². The van der Waals surface area contributed by atoms with Crippen molar-refractivity contribution in [1.82, 2.24) is 5.32 Å². The fourth-order valence-electron chi connectivity index (χ4n) is 1.35. The van der Waals surface area contributed by atoms with Crippen LogP contribution in [0.2, 0.25) is 0 Å². The molecule has 0 spiro atoms. The minimum absolute atomic E-state index is 0.284. The van der Waals surface area contributed by atoms with E-state index < -0.39 is 10.8 Å². The lowest BCUT2D eigenvalue weighted by atomic mass is 10.2. The molecule has 13 heavy (non-hydrogen) atoms. The molecule has 0 radical (unpaired) electrons. The van der Waals surface area contributed by atoms with Gasteiger partial charge in [-0.15, -0.1) is 0 Å². The molecule has 1 heterocycles. The average molecular weight is 221 g/mol. The Balaban J connectivity index is 2.13. The first-order valence-corrected chi connectivity index (χ1v) is 7.61. The Morgan fingerprint density at radius 3 is 3.00 bits per heavy atom. The van der Waals surface area contributed by atoms with Gasteiger partial charge in [0.05, 0.1) is 0 Å². The highest BCUT2D eigenvalue weighted by molar-refractivity contribution is 7.99. The Hall–Kier alpha value is 0.460. The maximum Gasteiger partial charge on any atom is 0.0441 e. The van der Waals surface area contributed by atoms with E-state index in [4.69, 9.17) is 0 Å². The van der Waals surface area contributed by atoms with Crippen LogP contribution < -0.4 is 5.32 Å². The molecule has 0 aromatic rings. The van der Waals surface area contributed by atoms with Crippen molar-refractivity contribution in [1.29, 1.82) is 0 Å². The van der Waals surface area contributed by atoms with Crippen molar-refractivity contribution in [3.63, 3.8) is 0 Å². The molecule has 0 bridgehead atoms. The first kappa shape index (κ1) is 11.5. The molecule has 0 aliphatic carbocycles. The van der Waals surface area contributed by atoms with Gasteiger partial charge in [0.15, 0.2) is 0 Å². The van der Waals surface area contributed by atoms with Gasteiger partial charge >= 0.3 is 0 Å². The molecule has 0 aromatic heterocycles. The van der Waals surface area contributed by atoms with Crippen LogP contribution in [0.25, 0.3) is 0 Å². The first-order valence-electron chi connectivity index (χ1n) is 4.83. The summed E-state index contributed by atoms with van der Waals surface area (Å²) in [6, 6.07) is 0.657. The predicted molar refractivity (Wildman–Crippen MR) is 61.9 cm³/mol. The van der Waals surface area contributed by atoms with E-state index in [9.17, 15) is 4.21 Å². The minimum atomic E-state index is -0.684. The molecule has 1 fully saturated rings. The highest BCUT2D eigenvalue weighted by Gasteiger charge is 2.14. The highest BCUT2D eigenvalue weighted by atomic mass is 32.2. The predicted octanol–water partition coefficient (Wildman–Crippen LogP) is 1.24. The Morgan fingerprint density at radius 1 is 1.69 bits per heavy atom. The Bertz CT molecular complexity index is 169. The van der Waals surface area contributed by atoms with Crippen LogP contribution in [-0.2, 0) is 10.8 Å². The molecule has 1 rings (SSSR count). The summed E-state index contributed by atoms with van der Waals surface area (Å²) >= 11 is 2.02. The molecule has 3 atom stereocenters. The first-order chi connectivity index (χ1) is 6.20. The zero-order chi connectivity index (χ0) is 9.68. The van der Waals surface area contributed by atoms with Crippen molar-refractivity contribution in [2.75, 3.05) is 24.3 Å². The van der Waals surface area contributed by atoms with Crippen molar-refractivity contribution in [3.05, 3.63) is 0 Å². The van der Waals surface area contributed by atoms with Gasteiger partial charge in [-0.25, -0.2) is 0 Å². The van der Waals surface area contributed by atoms with Crippen LogP contribution in [0.15, 0.2) is 0 Å². The third kappa shape index (κ3) is 4.47. The lowest BCUT2D eigenvalue weighted by molar-refractivity contribution is 0.508. The number of rotatable bonds is 4. The Morgan fingerprint density at radius 2 is 2.46 bits per heavy atom. The second-order valence-corrected chi connectivity index (χ2v) is 6.58. The number of hydrogen-bond acceptors (Lipinski definition) is 3. The standard InChI is InChI=1S/C9H19NOS2/c1-8(13(2)11)6-10-9-4-3-5-12-7-9/h8-10H,3-7H2,1-2H3. The SMILES string of the molecule is CC(CNC1CCCSC1)S(C)=O. The molecule has 1 saturated heterocycles. The summed E-state index contributed by atoms with van der Waals surface area (Å²) < 4.78 is 11.1. The van der Waals surface area contributed by atoms with Gasteiger partial charge in [0, 0.05) is 40.6 Å². The molecule has 0 amide bonds. The van der Waals surface area contributed by atoms with E-state index in [1.54, 1.807) is 6.26 Å². The largest absolute Gasteiger partial charge is 0.312 e. The fourth-order valence-corrected chi connectivity index (χ4v) is 2.79. The van der Waals surface area contributed by atoms with Crippen molar-refractivity contribution < 1.29 is 4.21 Å². The van der Waals surface area contributed by atoms with Crippen LogP contribution in [0.4, 0.5) is 0 Å². The second-order valence-electron chi connectivity index (χ2n) is 3.63. The van der Waals surface area contributed by atoms with E-state index in [0.29, 0.717) is 6.04 Å². The summed E-state index contributed by atoms with van der Waals surface area (Å²) in [4.78, 5) is 0. The number of thioether (sulfide) groups is 1. The van der Waals surface area contributed by atoms with Gasteiger partial charge in [0.25, 0.3) is 0 Å². The van der Waals surface area contributed by atoms with Crippen LogP contribution in [0.1, 0.15) is 19.8 Å². The summed E-state index contributed by atoms with van der Waals surface area (Å²) in [6.07, 6.45) is 4.39. The van der Waals surface area contributed by atoms with E-state index >= 15 is 0 Å². The van der Waals surface area contributed by atoms with E-state index in [0.717, 1.165) is 6.54 Å². The quantitative estimate of drug-likeness (QED) is 0.774. The molecule has 2 nitrogen and oxygen atoms in total. The van der Waals surface area contributed by atoms with Gasteiger partial charge in [-0.2, -0.15) is 11.8 Å². The third-order valence-corrected chi connectivity index (χ3v) is 4.94. The Labute approximate surface area is 87.7 Å². The smallest absolute Gasteiger partial charge is 0.0441 e. The maximum atomic E-state index is 11.1. The monoisotopic (exact) mass is 221 g/mol. The highest BCUT2D eigenvalue weighted by Crippen LogP contribution is 2.16. The lowest BCUT2D eigenvalue weighted by Gasteiger charge is -2.23. The van der Waals surface area contributed by atoms with E-state index in [1.807, 2.05) is 18.7 Å². The molecular weight excluding hydrogens is 202 g/mol. The second kappa shape index (κ2) is 6.04. The molecule has 0 aromatic carbocycles. The molecule has 78 valence electrons. The van der Waals surface area contributed by atoms with Crippen molar-refractivity contribution >= 4 is 22.6 Å². The summed E-state index contributed by atoms with van der Waals surface area (Å²) in [7, 11) is -0.684. The van der Waals surface area contributed by atoms with E-state index in [1.165, 1.54) is 24.3 Å². The van der Waals surface area contributed by atoms with Crippen molar-refractivity contribution in [2.24, 2.45) is 0 Å². The maximum absolute atomic E-state index is 11.1. The lowest BCUT2D eigenvalue weighted by Crippen LogP contribution is -2.38. The van der Waals surface area contributed by atoms with Gasteiger partial charge in [-0.05, 0) is 25.5 Å². The minimum Gasteiger partial charge on any atom is -0.312 e. The van der Waals surface area contributed by atoms with Gasteiger partial charge in [-0.1, -0.05) is 0 Å². The van der Waals surface area contributed by atoms with Gasteiger partial charge < -0.3 is 5.32 Å². The van der Waals surface area contributed by atoms with Crippen LogP contribution in [-0.4, -0.2) is 39.8 Å². The van der Waals surface area contributed by atoms with Gasteiger partial charge in [0.1, 0.15) is 0 Å².